The Labute approximate surface area is 116 Å². The molecule has 0 bridgehead atoms. The highest BCUT2D eigenvalue weighted by Gasteiger charge is 2.17. The van der Waals surface area contributed by atoms with E-state index in [1.165, 1.54) is 6.07 Å². The van der Waals surface area contributed by atoms with Crippen LogP contribution in [0.5, 0.6) is 5.75 Å². The number of rotatable bonds is 6. The van der Waals surface area contributed by atoms with Gasteiger partial charge >= 0.3 is 0 Å². The quantitative estimate of drug-likeness (QED) is 0.829. The first kappa shape index (κ1) is 16.0. The van der Waals surface area contributed by atoms with Crippen molar-refractivity contribution in [2.75, 3.05) is 13.2 Å². The molecule has 0 spiro atoms. The summed E-state index contributed by atoms with van der Waals surface area (Å²) in [6, 6.07) is 4.98. The molecule has 0 heterocycles. The molecule has 0 aliphatic rings. The van der Waals surface area contributed by atoms with E-state index in [0.717, 1.165) is 13.0 Å². The number of nitrogens with one attached hydrogen (secondary N) is 1. The minimum absolute atomic E-state index is 0.0455. The standard InChI is InChI=1S/C16H26FNO/c1-6-18-12(2)15-13(17)8-7-9-14(15)19-11-10-16(3,4)5/h7-9,12,18H,6,10-11H2,1-5H3. The molecule has 3 heteroatoms. The van der Waals surface area contributed by atoms with Crippen molar-refractivity contribution >= 4 is 0 Å². The molecule has 1 aromatic carbocycles. The lowest BCUT2D eigenvalue weighted by molar-refractivity contribution is 0.239. The SMILES string of the molecule is CCNC(C)c1c(F)cccc1OCCC(C)(C)C. The minimum Gasteiger partial charge on any atom is -0.493 e. The lowest BCUT2D eigenvalue weighted by Crippen LogP contribution is -2.20. The maximum atomic E-state index is 14.0. The normalized spacial score (nSPS) is 13.4. The molecule has 1 aromatic rings. The molecule has 0 fully saturated rings. The van der Waals surface area contributed by atoms with Crippen LogP contribution in [-0.4, -0.2) is 13.2 Å². The van der Waals surface area contributed by atoms with E-state index in [9.17, 15) is 4.39 Å². The molecule has 0 saturated heterocycles. The summed E-state index contributed by atoms with van der Waals surface area (Å²) in [5, 5.41) is 3.23. The molecule has 2 nitrogen and oxygen atoms in total. The Balaban J connectivity index is 2.79. The zero-order chi connectivity index (χ0) is 14.5. The predicted octanol–water partition coefficient (Wildman–Crippen LogP) is 4.31. The molecule has 1 rings (SSSR count). The molecule has 1 N–H and O–H groups in total. The Kier molecular flexibility index (Phi) is 5.80. The van der Waals surface area contributed by atoms with Crippen LogP contribution >= 0.6 is 0 Å². The van der Waals surface area contributed by atoms with Gasteiger partial charge in [-0.05, 0) is 37.4 Å². The average Bonchev–Trinajstić information content (AvgIpc) is 2.27. The summed E-state index contributed by atoms with van der Waals surface area (Å²) in [6.07, 6.45) is 0.943. The van der Waals surface area contributed by atoms with Crippen LogP contribution in [0.2, 0.25) is 0 Å². The second-order valence-corrected chi connectivity index (χ2v) is 6.09. The molecular formula is C16H26FNO. The highest BCUT2D eigenvalue weighted by Crippen LogP contribution is 2.29. The van der Waals surface area contributed by atoms with Gasteiger partial charge in [0.15, 0.2) is 0 Å². The zero-order valence-electron chi connectivity index (χ0n) is 12.7. The van der Waals surface area contributed by atoms with E-state index >= 15 is 0 Å². The number of benzene rings is 1. The monoisotopic (exact) mass is 267 g/mol. The van der Waals surface area contributed by atoms with Crippen LogP contribution in [0.1, 0.15) is 52.6 Å². The van der Waals surface area contributed by atoms with Crippen molar-refractivity contribution in [3.63, 3.8) is 0 Å². The van der Waals surface area contributed by atoms with Gasteiger partial charge in [-0.15, -0.1) is 0 Å². The Hall–Kier alpha value is -1.09. The summed E-state index contributed by atoms with van der Waals surface area (Å²) in [4.78, 5) is 0. The van der Waals surface area contributed by atoms with E-state index in [4.69, 9.17) is 4.74 Å². The topological polar surface area (TPSA) is 21.3 Å². The van der Waals surface area contributed by atoms with Gasteiger partial charge in [0, 0.05) is 11.6 Å². The molecule has 0 radical (unpaired) electrons. The second-order valence-electron chi connectivity index (χ2n) is 6.09. The molecule has 0 amide bonds. The molecule has 19 heavy (non-hydrogen) atoms. The molecular weight excluding hydrogens is 241 g/mol. The Morgan fingerprint density at radius 1 is 1.32 bits per heavy atom. The predicted molar refractivity (Wildman–Crippen MR) is 78.1 cm³/mol. The Morgan fingerprint density at radius 2 is 2.00 bits per heavy atom. The van der Waals surface area contributed by atoms with E-state index < -0.39 is 0 Å². The van der Waals surface area contributed by atoms with Crippen LogP contribution in [0.25, 0.3) is 0 Å². The smallest absolute Gasteiger partial charge is 0.131 e. The third-order valence-electron chi connectivity index (χ3n) is 3.07. The largest absolute Gasteiger partial charge is 0.493 e. The minimum atomic E-state index is -0.207. The molecule has 0 aromatic heterocycles. The molecule has 0 aliphatic carbocycles. The van der Waals surface area contributed by atoms with Gasteiger partial charge in [-0.1, -0.05) is 33.8 Å². The summed E-state index contributed by atoms with van der Waals surface area (Å²) in [5.74, 6) is 0.444. The Bertz CT molecular complexity index is 398. The molecule has 108 valence electrons. The van der Waals surface area contributed by atoms with Crippen molar-refractivity contribution in [3.8, 4) is 5.75 Å². The van der Waals surface area contributed by atoms with Crippen molar-refractivity contribution < 1.29 is 9.13 Å². The van der Waals surface area contributed by atoms with Crippen molar-refractivity contribution in [2.45, 2.75) is 47.1 Å². The fraction of sp³-hybridized carbons (Fsp3) is 0.625. The van der Waals surface area contributed by atoms with E-state index in [1.54, 1.807) is 6.07 Å². The van der Waals surface area contributed by atoms with Crippen molar-refractivity contribution in [3.05, 3.63) is 29.6 Å². The first-order valence-corrected chi connectivity index (χ1v) is 6.99. The molecule has 1 atom stereocenters. The van der Waals surface area contributed by atoms with E-state index in [0.29, 0.717) is 17.9 Å². The summed E-state index contributed by atoms with van der Waals surface area (Å²) in [5.41, 5.74) is 0.846. The number of hydrogen-bond acceptors (Lipinski definition) is 2. The average molecular weight is 267 g/mol. The van der Waals surface area contributed by atoms with Crippen molar-refractivity contribution in [1.82, 2.24) is 5.32 Å². The number of halogens is 1. The summed E-state index contributed by atoms with van der Waals surface area (Å²) >= 11 is 0. The van der Waals surface area contributed by atoms with Gasteiger partial charge in [0.2, 0.25) is 0 Å². The first-order chi connectivity index (χ1) is 8.85. The molecule has 0 aliphatic heterocycles. The van der Waals surface area contributed by atoms with Crippen LogP contribution in [0, 0.1) is 11.2 Å². The fourth-order valence-electron chi connectivity index (χ4n) is 1.94. The van der Waals surface area contributed by atoms with E-state index in [2.05, 4.69) is 26.1 Å². The lowest BCUT2D eigenvalue weighted by atomic mass is 9.93. The van der Waals surface area contributed by atoms with E-state index in [-0.39, 0.29) is 17.3 Å². The number of hydrogen-bond donors (Lipinski definition) is 1. The third-order valence-corrected chi connectivity index (χ3v) is 3.07. The van der Waals surface area contributed by atoms with Gasteiger partial charge in [-0.3, -0.25) is 0 Å². The van der Waals surface area contributed by atoms with Crippen LogP contribution in [0.3, 0.4) is 0 Å². The van der Waals surface area contributed by atoms with Gasteiger partial charge in [0.25, 0.3) is 0 Å². The van der Waals surface area contributed by atoms with Crippen LogP contribution in [0.4, 0.5) is 4.39 Å². The van der Waals surface area contributed by atoms with Crippen LogP contribution in [-0.2, 0) is 0 Å². The van der Waals surface area contributed by atoms with Crippen molar-refractivity contribution in [2.24, 2.45) is 5.41 Å². The van der Waals surface area contributed by atoms with E-state index in [1.807, 2.05) is 19.9 Å². The van der Waals surface area contributed by atoms with Crippen LogP contribution in [0.15, 0.2) is 18.2 Å². The Morgan fingerprint density at radius 3 is 2.58 bits per heavy atom. The van der Waals surface area contributed by atoms with Crippen LogP contribution < -0.4 is 10.1 Å². The molecule has 0 saturated carbocycles. The van der Waals surface area contributed by atoms with Gasteiger partial charge in [0.05, 0.1) is 6.61 Å². The summed E-state index contributed by atoms with van der Waals surface area (Å²) < 4.78 is 19.7. The summed E-state index contributed by atoms with van der Waals surface area (Å²) in [6.45, 7) is 11.9. The number of ether oxygens (including phenoxy) is 1. The van der Waals surface area contributed by atoms with Crippen molar-refractivity contribution in [1.29, 1.82) is 0 Å². The zero-order valence-corrected chi connectivity index (χ0v) is 12.7. The molecule has 1 unspecified atom stereocenters. The second kappa shape index (κ2) is 6.90. The maximum Gasteiger partial charge on any atom is 0.131 e. The fourth-order valence-corrected chi connectivity index (χ4v) is 1.94. The summed E-state index contributed by atoms with van der Waals surface area (Å²) in [7, 11) is 0. The highest BCUT2D eigenvalue weighted by atomic mass is 19.1. The van der Waals surface area contributed by atoms with Gasteiger partial charge in [-0.2, -0.15) is 0 Å². The third kappa shape index (κ3) is 5.19. The van der Waals surface area contributed by atoms with Gasteiger partial charge in [-0.25, -0.2) is 4.39 Å². The highest BCUT2D eigenvalue weighted by molar-refractivity contribution is 5.37. The van der Waals surface area contributed by atoms with Gasteiger partial charge < -0.3 is 10.1 Å². The maximum absolute atomic E-state index is 14.0. The first-order valence-electron chi connectivity index (χ1n) is 6.99. The lowest BCUT2D eigenvalue weighted by Gasteiger charge is -2.21. The van der Waals surface area contributed by atoms with Gasteiger partial charge in [0.1, 0.15) is 11.6 Å².